The summed E-state index contributed by atoms with van der Waals surface area (Å²) in [5.41, 5.74) is 0.930. The van der Waals surface area contributed by atoms with Crippen molar-refractivity contribution in [2.24, 2.45) is 34.5 Å². The van der Waals surface area contributed by atoms with E-state index < -0.39 is 0 Å². The number of rotatable bonds is 4. The van der Waals surface area contributed by atoms with Gasteiger partial charge in [-0.3, -0.25) is 14.4 Å². The first kappa shape index (κ1) is 22.3. The Morgan fingerprint density at radius 1 is 1.00 bits per heavy atom. The van der Waals surface area contributed by atoms with Gasteiger partial charge in [0.1, 0.15) is 12.2 Å². The van der Waals surface area contributed by atoms with E-state index in [1.165, 1.54) is 20.8 Å². The lowest BCUT2D eigenvalue weighted by Crippen LogP contribution is -2.59. The molecular weight excluding hydrogens is 396 g/mol. The molecule has 8 unspecified atom stereocenters. The van der Waals surface area contributed by atoms with Gasteiger partial charge >= 0.3 is 17.9 Å². The van der Waals surface area contributed by atoms with Crippen molar-refractivity contribution in [3.05, 3.63) is 12.2 Å². The molecular formula is C25H36O6. The van der Waals surface area contributed by atoms with Gasteiger partial charge in [-0.25, -0.2) is 0 Å². The first-order chi connectivity index (χ1) is 14.6. The third-order valence-corrected chi connectivity index (χ3v) is 8.99. The van der Waals surface area contributed by atoms with Crippen molar-refractivity contribution in [1.82, 2.24) is 0 Å². The summed E-state index contributed by atoms with van der Waals surface area (Å²) in [6, 6.07) is 0. The zero-order chi connectivity index (χ0) is 22.6. The van der Waals surface area contributed by atoms with Crippen molar-refractivity contribution in [2.45, 2.75) is 84.8 Å². The Hall–Kier alpha value is -1.85. The number of ether oxygens (including phenoxy) is 3. The zero-order valence-corrected chi connectivity index (χ0v) is 19.3. The molecule has 4 fully saturated rings. The average molecular weight is 433 g/mol. The molecule has 4 aliphatic rings. The monoisotopic (exact) mass is 432 g/mol. The van der Waals surface area contributed by atoms with Gasteiger partial charge in [-0.05, 0) is 79.6 Å². The van der Waals surface area contributed by atoms with Gasteiger partial charge in [-0.1, -0.05) is 13.5 Å². The van der Waals surface area contributed by atoms with Crippen LogP contribution in [0, 0.1) is 34.5 Å². The van der Waals surface area contributed by atoms with Crippen molar-refractivity contribution in [3.63, 3.8) is 0 Å². The molecule has 0 aliphatic heterocycles. The molecule has 0 aromatic carbocycles. The van der Waals surface area contributed by atoms with Crippen LogP contribution >= 0.6 is 0 Å². The number of esters is 3. The van der Waals surface area contributed by atoms with Crippen LogP contribution in [0.25, 0.3) is 0 Å². The van der Waals surface area contributed by atoms with Gasteiger partial charge in [-0.15, -0.1) is 0 Å². The topological polar surface area (TPSA) is 78.9 Å². The second-order valence-corrected chi connectivity index (χ2v) is 10.7. The van der Waals surface area contributed by atoms with E-state index in [2.05, 4.69) is 13.5 Å². The van der Waals surface area contributed by atoms with Gasteiger partial charge in [0.15, 0.2) is 0 Å². The molecule has 2 bridgehead atoms. The Morgan fingerprint density at radius 3 is 2.35 bits per heavy atom. The molecule has 8 atom stereocenters. The maximum atomic E-state index is 12.0. The van der Waals surface area contributed by atoms with E-state index >= 15 is 0 Å². The van der Waals surface area contributed by atoms with Crippen molar-refractivity contribution in [3.8, 4) is 0 Å². The SMILES string of the molecule is C=C1C2CCC3C4(C)CC(OC(C)=O)CC(COC(C)=O)C4CCC3(C2)C1OC(C)=O. The van der Waals surface area contributed by atoms with Gasteiger partial charge in [0.2, 0.25) is 0 Å². The highest BCUT2D eigenvalue weighted by Crippen LogP contribution is 2.71. The molecule has 31 heavy (non-hydrogen) atoms. The van der Waals surface area contributed by atoms with Crippen LogP contribution in [-0.4, -0.2) is 36.7 Å². The molecule has 0 radical (unpaired) electrons. The lowest BCUT2D eigenvalue weighted by molar-refractivity contribution is -0.196. The van der Waals surface area contributed by atoms with Gasteiger partial charge < -0.3 is 14.2 Å². The summed E-state index contributed by atoms with van der Waals surface area (Å²) in [6.07, 6.45) is 6.32. The molecule has 0 heterocycles. The summed E-state index contributed by atoms with van der Waals surface area (Å²) in [7, 11) is 0. The fraction of sp³-hybridized carbons (Fsp3) is 0.800. The van der Waals surface area contributed by atoms with Crippen LogP contribution in [0.3, 0.4) is 0 Å². The lowest BCUT2D eigenvalue weighted by Gasteiger charge is -2.63. The molecule has 0 aromatic heterocycles. The quantitative estimate of drug-likeness (QED) is 0.376. The molecule has 0 saturated heterocycles. The third kappa shape index (κ3) is 3.70. The number of fused-ring (bicyclic) bond motifs is 3. The van der Waals surface area contributed by atoms with Gasteiger partial charge in [0, 0.05) is 26.2 Å². The van der Waals surface area contributed by atoms with Crippen molar-refractivity contribution in [1.29, 1.82) is 0 Å². The normalized spacial score (nSPS) is 43.4. The smallest absolute Gasteiger partial charge is 0.303 e. The minimum Gasteiger partial charge on any atom is -0.466 e. The van der Waals surface area contributed by atoms with Crippen molar-refractivity contribution < 1.29 is 28.6 Å². The number of carbonyl (C=O) groups is 3. The van der Waals surface area contributed by atoms with Crippen LogP contribution in [0.4, 0.5) is 0 Å². The molecule has 172 valence electrons. The third-order valence-electron chi connectivity index (χ3n) is 8.99. The van der Waals surface area contributed by atoms with Gasteiger partial charge in [0.05, 0.1) is 6.61 Å². The minimum absolute atomic E-state index is 0.0740. The van der Waals surface area contributed by atoms with E-state index in [0.717, 1.165) is 50.5 Å². The fourth-order valence-corrected chi connectivity index (χ4v) is 8.19. The highest BCUT2D eigenvalue weighted by molar-refractivity contribution is 5.67. The maximum absolute atomic E-state index is 12.0. The second-order valence-electron chi connectivity index (χ2n) is 10.7. The van der Waals surface area contributed by atoms with E-state index in [0.29, 0.717) is 24.4 Å². The Morgan fingerprint density at radius 2 is 1.71 bits per heavy atom. The standard InChI is InChI=1S/C25H36O6/c1-14-18-6-7-22-24(5)12-20(30-16(3)27)10-19(13-29-15(2)26)21(24)8-9-25(22,11-18)23(14)31-17(4)28/h18-23H,1,6-13H2,2-5H3. The molecule has 0 aromatic rings. The molecule has 1 spiro atoms. The van der Waals surface area contributed by atoms with Crippen LogP contribution in [-0.2, 0) is 28.6 Å². The Balaban J connectivity index is 1.69. The maximum Gasteiger partial charge on any atom is 0.303 e. The highest BCUT2D eigenvalue weighted by Gasteiger charge is 2.67. The molecule has 4 aliphatic carbocycles. The Bertz CT molecular complexity index is 789. The van der Waals surface area contributed by atoms with E-state index in [1.54, 1.807) is 0 Å². The molecule has 4 rings (SSSR count). The highest BCUT2D eigenvalue weighted by atomic mass is 16.5. The molecule has 6 heteroatoms. The fourth-order valence-electron chi connectivity index (χ4n) is 8.19. The number of carbonyl (C=O) groups excluding carboxylic acids is 3. The van der Waals surface area contributed by atoms with Crippen molar-refractivity contribution in [2.75, 3.05) is 6.61 Å². The largest absolute Gasteiger partial charge is 0.466 e. The van der Waals surface area contributed by atoms with Gasteiger partial charge in [-0.2, -0.15) is 0 Å². The summed E-state index contributed by atoms with van der Waals surface area (Å²) < 4.78 is 17.1. The van der Waals surface area contributed by atoms with E-state index in [9.17, 15) is 14.4 Å². The zero-order valence-electron chi connectivity index (χ0n) is 19.3. The Kier molecular flexibility index (Phi) is 5.72. The molecule has 6 nitrogen and oxygen atoms in total. The average Bonchev–Trinajstić information content (AvgIpc) is 2.85. The van der Waals surface area contributed by atoms with E-state index in [1.807, 2.05) is 0 Å². The molecule has 0 amide bonds. The second kappa shape index (κ2) is 7.93. The molecule has 0 N–H and O–H groups in total. The summed E-state index contributed by atoms with van der Waals surface area (Å²) in [5, 5.41) is 0. The van der Waals surface area contributed by atoms with Crippen molar-refractivity contribution >= 4 is 17.9 Å². The lowest BCUT2D eigenvalue weighted by atomic mass is 9.43. The Labute approximate surface area is 185 Å². The van der Waals surface area contributed by atoms with Crippen LogP contribution in [0.1, 0.15) is 72.6 Å². The summed E-state index contributed by atoms with van der Waals surface area (Å²) in [6.45, 7) is 11.5. The van der Waals surface area contributed by atoms with E-state index in [-0.39, 0.29) is 46.9 Å². The van der Waals surface area contributed by atoms with E-state index in [4.69, 9.17) is 14.2 Å². The molecule has 4 saturated carbocycles. The number of hydrogen-bond donors (Lipinski definition) is 0. The predicted octanol–water partition coefficient (Wildman–Crippen LogP) is 4.21. The predicted molar refractivity (Wildman–Crippen MR) is 114 cm³/mol. The van der Waals surface area contributed by atoms with Crippen LogP contribution in [0.2, 0.25) is 0 Å². The van der Waals surface area contributed by atoms with Crippen LogP contribution in [0.5, 0.6) is 0 Å². The minimum atomic E-state index is -0.272. The first-order valence-electron chi connectivity index (χ1n) is 11.7. The first-order valence-corrected chi connectivity index (χ1v) is 11.7. The van der Waals surface area contributed by atoms with Crippen LogP contribution in [0.15, 0.2) is 12.2 Å². The van der Waals surface area contributed by atoms with Crippen LogP contribution < -0.4 is 0 Å². The summed E-state index contributed by atoms with van der Waals surface area (Å²) in [4.78, 5) is 35.3. The summed E-state index contributed by atoms with van der Waals surface area (Å²) >= 11 is 0. The summed E-state index contributed by atoms with van der Waals surface area (Å²) in [5.74, 6) is 0.553. The van der Waals surface area contributed by atoms with Gasteiger partial charge in [0.25, 0.3) is 0 Å². The number of hydrogen-bond acceptors (Lipinski definition) is 6.